The predicted octanol–water partition coefficient (Wildman–Crippen LogP) is 4.55. The largest absolute Gasteiger partial charge is 0.390 e. The summed E-state index contributed by atoms with van der Waals surface area (Å²) in [5.41, 5.74) is -1.17. The Morgan fingerprint density at radius 3 is 2.51 bits per heavy atom. The van der Waals surface area contributed by atoms with Gasteiger partial charge in [-0.05, 0) is 111 Å². The summed E-state index contributed by atoms with van der Waals surface area (Å²) in [7, 11) is 1.84. The SMILES string of the molecule is C[C@@H]1CC([C@H](O)C(C)(C)O)OC2[C@H]1C1(C)CCC34CC35CC[C@H](O[C@H]3CN(C(=O)c6nccn6C)CCO3)C(C)(C)C5CCC4[C@]1(C)[C@H]2O. The highest BCUT2D eigenvalue weighted by atomic mass is 16.7. The van der Waals surface area contributed by atoms with Gasteiger partial charge < -0.3 is 39.0 Å². The maximum atomic E-state index is 13.2. The molecule has 3 N–H and O–H groups in total. The molecule has 3 heterocycles. The lowest BCUT2D eigenvalue weighted by molar-refractivity contribution is -0.245. The van der Waals surface area contributed by atoms with E-state index in [2.05, 4.69) is 39.6 Å². The van der Waals surface area contributed by atoms with Gasteiger partial charge in [-0.15, -0.1) is 0 Å². The summed E-state index contributed by atoms with van der Waals surface area (Å²) >= 11 is 0. The number of hydrogen-bond donors (Lipinski definition) is 3. The van der Waals surface area contributed by atoms with Crippen molar-refractivity contribution in [2.45, 2.75) is 142 Å². The van der Waals surface area contributed by atoms with Crippen LogP contribution < -0.4 is 0 Å². The average Bonchev–Trinajstić information content (AvgIpc) is 3.45. The number of carbonyl (C=O) groups is 1. The van der Waals surface area contributed by atoms with Crippen molar-refractivity contribution >= 4 is 5.91 Å². The molecule has 2 spiro atoms. The summed E-state index contributed by atoms with van der Waals surface area (Å²) < 4.78 is 21.4. The van der Waals surface area contributed by atoms with Crippen LogP contribution in [0.1, 0.15) is 110 Å². The topological polar surface area (TPSA) is 127 Å². The van der Waals surface area contributed by atoms with E-state index in [0.29, 0.717) is 43.8 Å². The number of fused-ring (bicyclic) bond motifs is 4. The molecule has 0 aromatic carbocycles. The fourth-order valence-corrected chi connectivity index (χ4v) is 14.0. The molecule has 14 atom stereocenters. The predicted molar refractivity (Wildman–Crippen MR) is 182 cm³/mol. The standard InChI is InChI=1S/C39H61N3O7/c1-22-19-23(30(43)35(4,5)46)48-29-28(22)36(6)13-14-39-21-38(39)12-11-26(34(2,3)24(38)9-10-25(39)37(36,7)31(29)44)49-27-20-42(17-18-47-27)33(45)32-40-15-16-41(32)8/h15-16,22-31,43-44,46H,9-14,17-21H2,1-8H3/t22-,23?,24?,25?,26+,27+,28+,29?,30+,31+,36?,37-,38?,39?/m1/s1. The van der Waals surface area contributed by atoms with Gasteiger partial charge in [0.25, 0.3) is 5.91 Å². The van der Waals surface area contributed by atoms with Crippen LogP contribution in [0.3, 0.4) is 0 Å². The fourth-order valence-electron chi connectivity index (χ4n) is 14.0. The molecule has 274 valence electrons. The lowest BCUT2D eigenvalue weighted by Crippen LogP contribution is -2.60. The van der Waals surface area contributed by atoms with E-state index in [-0.39, 0.29) is 57.0 Å². The normalized spacial score (nSPS) is 49.2. The number of amides is 1. The fraction of sp³-hybridized carbons (Fsp3) is 0.897. The highest BCUT2D eigenvalue weighted by molar-refractivity contribution is 5.90. The first-order valence-corrected chi connectivity index (χ1v) is 19.2. The Morgan fingerprint density at radius 1 is 1.10 bits per heavy atom. The second-order valence-electron chi connectivity index (χ2n) is 19.2. The average molecular weight is 684 g/mol. The molecule has 5 saturated carbocycles. The van der Waals surface area contributed by atoms with Crippen LogP contribution in [0.5, 0.6) is 0 Å². The zero-order valence-corrected chi connectivity index (χ0v) is 31.0. The Hall–Kier alpha value is -1.56. The van der Waals surface area contributed by atoms with Crippen molar-refractivity contribution in [3.05, 3.63) is 18.2 Å². The van der Waals surface area contributed by atoms with Gasteiger partial charge in [-0.3, -0.25) is 4.79 Å². The third kappa shape index (κ3) is 4.52. The van der Waals surface area contributed by atoms with E-state index in [1.807, 2.05) is 11.9 Å². The molecule has 8 rings (SSSR count). The number of aromatic nitrogens is 2. The summed E-state index contributed by atoms with van der Waals surface area (Å²) in [5.74, 6) is 1.81. The van der Waals surface area contributed by atoms with E-state index in [0.717, 1.165) is 32.1 Å². The number of ether oxygens (including phenoxy) is 3. The quantitative estimate of drug-likeness (QED) is 0.413. The Balaban J connectivity index is 1.01. The molecular formula is C39H61N3O7. The Morgan fingerprint density at radius 2 is 1.82 bits per heavy atom. The number of hydrogen-bond acceptors (Lipinski definition) is 8. The van der Waals surface area contributed by atoms with E-state index in [9.17, 15) is 20.1 Å². The van der Waals surface area contributed by atoms with E-state index in [4.69, 9.17) is 14.2 Å². The van der Waals surface area contributed by atoms with Crippen molar-refractivity contribution in [1.82, 2.24) is 14.5 Å². The summed E-state index contributed by atoms with van der Waals surface area (Å²) in [5, 5.41) is 34.2. The third-order valence-electron chi connectivity index (χ3n) is 16.5. The van der Waals surface area contributed by atoms with Crippen molar-refractivity contribution in [2.75, 3.05) is 19.7 Å². The van der Waals surface area contributed by atoms with Gasteiger partial charge in [0.2, 0.25) is 0 Å². The van der Waals surface area contributed by atoms with Gasteiger partial charge in [0, 0.05) is 31.4 Å². The second-order valence-corrected chi connectivity index (χ2v) is 19.2. The van der Waals surface area contributed by atoms with Gasteiger partial charge in [0.15, 0.2) is 12.1 Å². The lowest BCUT2D eigenvalue weighted by atomic mass is 9.41. The molecule has 0 bridgehead atoms. The first-order chi connectivity index (χ1) is 22.9. The van der Waals surface area contributed by atoms with Gasteiger partial charge >= 0.3 is 0 Å². The molecule has 1 aromatic rings. The second kappa shape index (κ2) is 11.0. The first-order valence-electron chi connectivity index (χ1n) is 19.2. The number of rotatable bonds is 5. The van der Waals surface area contributed by atoms with Gasteiger partial charge in [-0.2, -0.15) is 0 Å². The number of aliphatic hydroxyl groups is 3. The summed E-state index contributed by atoms with van der Waals surface area (Å²) in [4.78, 5) is 19.3. The summed E-state index contributed by atoms with van der Waals surface area (Å²) in [6.45, 7) is 16.6. The summed E-state index contributed by atoms with van der Waals surface area (Å²) in [6.07, 6.45) is 9.19. The van der Waals surface area contributed by atoms with Crippen molar-refractivity contribution in [1.29, 1.82) is 0 Å². The molecule has 7 aliphatic rings. The molecular weight excluding hydrogens is 622 g/mol. The molecule has 1 aromatic heterocycles. The monoisotopic (exact) mass is 683 g/mol. The number of aliphatic hydroxyl groups excluding tert-OH is 2. The van der Waals surface area contributed by atoms with E-state index >= 15 is 0 Å². The van der Waals surface area contributed by atoms with Crippen molar-refractivity contribution in [2.24, 2.45) is 57.8 Å². The van der Waals surface area contributed by atoms with Crippen LogP contribution in [0.4, 0.5) is 0 Å². The molecule has 5 aliphatic carbocycles. The van der Waals surface area contributed by atoms with Gasteiger partial charge in [0.1, 0.15) is 6.10 Å². The smallest absolute Gasteiger partial charge is 0.290 e. The number of imidazole rings is 1. The van der Waals surface area contributed by atoms with Crippen LogP contribution in [-0.2, 0) is 21.3 Å². The third-order valence-corrected chi connectivity index (χ3v) is 16.5. The zero-order chi connectivity index (χ0) is 35.1. The van der Waals surface area contributed by atoms with Crippen LogP contribution >= 0.6 is 0 Å². The van der Waals surface area contributed by atoms with E-state index in [1.54, 1.807) is 30.8 Å². The Labute approximate surface area is 292 Å². The lowest BCUT2D eigenvalue weighted by Gasteiger charge is -2.64. The molecule has 2 saturated heterocycles. The van der Waals surface area contributed by atoms with E-state index < -0.39 is 30.2 Å². The molecule has 49 heavy (non-hydrogen) atoms. The molecule has 10 nitrogen and oxygen atoms in total. The minimum atomic E-state index is -1.26. The van der Waals surface area contributed by atoms with Crippen LogP contribution in [0.25, 0.3) is 0 Å². The molecule has 0 radical (unpaired) electrons. The first kappa shape index (κ1) is 34.5. The zero-order valence-electron chi connectivity index (χ0n) is 31.0. The van der Waals surface area contributed by atoms with Gasteiger partial charge in [0.05, 0.1) is 43.2 Å². The molecule has 1 amide bonds. The van der Waals surface area contributed by atoms with Crippen molar-refractivity contribution in [3.8, 4) is 0 Å². The molecule has 7 fully saturated rings. The van der Waals surface area contributed by atoms with Gasteiger partial charge in [-0.25, -0.2) is 4.98 Å². The number of aryl methyl sites for hydroxylation is 1. The Kier molecular flexibility index (Phi) is 7.74. The van der Waals surface area contributed by atoms with E-state index in [1.165, 1.54) is 12.8 Å². The maximum Gasteiger partial charge on any atom is 0.290 e. The van der Waals surface area contributed by atoms with Crippen molar-refractivity contribution in [3.63, 3.8) is 0 Å². The van der Waals surface area contributed by atoms with Crippen LogP contribution in [0.15, 0.2) is 12.4 Å². The minimum Gasteiger partial charge on any atom is -0.390 e. The highest BCUT2D eigenvalue weighted by Gasteiger charge is 2.84. The minimum absolute atomic E-state index is 0.0447. The number of morpholine rings is 1. The van der Waals surface area contributed by atoms with Crippen molar-refractivity contribution < 1.29 is 34.3 Å². The number of nitrogens with zero attached hydrogens (tertiary/aromatic N) is 3. The van der Waals surface area contributed by atoms with Crippen LogP contribution in [0.2, 0.25) is 0 Å². The Bertz CT molecular complexity index is 1470. The van der Waals surface area contributed by atoms with Crippen LogP contribution in [0, 0.1) is 50.7 Å². The number of carbonyl (C=O) groups excluding carboxylic acids is 1. The highest BCUT2D eigenvalue weighted by Crippen LogP contribution is 2.89. The summed E-state index contributed by atoms with van der Waals surface area (Å²) in [6, 6.07) is 0. The molecule has 7 unspecified atom stereocenters. The molecule has 10 heteroatoms. The maximum absolute atomic E-state index is 13.2. The molecule has 2 aliphatic heterocycles. The van der Waals surface area contributed by atoms with Gasteiger partial charge in [-0.1, -0.05) is 34.6 Å². The van der Waals surface area contributed by atoms with Crippen LogP contribution in [-0.4, -0.2) is 97.8 Å².